The summed E-state index contributed by atoms with van der Waals surface area (Å²) in [6, 6.07) is -3.87. The van der Waals surface area contributed by atoms with Crippen molar-refractivity contribution in [3.05, 3.63) is 121 Å². The van der Waals surface area contributed by atoms with Crippen molar-refractivity contribution in [3.63, 3.8) is 0 Å². The topological polar surface area (TPSA) is 12.0 Å². The highest BCUT2D eigenvalue weighted by atomic mass is 14.9. The molecule has 0 aliphatic heterocycles. The summed E-state index contributed by atoms with van der Waals surface area (Å²) in [5, 5.41) is 2.03. The Morgan fingerprint density at radius 1 is 0.552 bits per heavy atom. The highest BCUT2D eigenvalue weighted by Crippen LogP contribution is 2.30. The van der Waals surface area contributed by atoms with E-state index in [0.717, 1.165) is 0 Å². The number of nitrogens with one attached hydrogen (secondary N) is 1. The molecule has 5 aromatic rings. The van der Waals surface area contributed by atoms with Crippen LogP contribution in [0.5, 0.6) is 0 Å². The van der Waals surface area contributed by atoms with Gasteiger partial charge in [-0.15, -0.1) is 0 Å². The van der Waals surface area contributed by atoms with Gasteiger partial charge in [-0.3, -0.25) is 0 Å². The minimum atomic E-state index is -0.717. The van der Waals surface area contributed by atoms with Crippen molar-refractivity contribution < 1.29 is 21.9 Å². The lowest BCUT2D eigenvalue weighted by Crippen LogP contribution is -1.91. The minimum Gasteiger partial charge on any atom is -0.356 e. The van der Waals surface area contributed by atoms with E-state index in [9.17, 15) is 0 Å². The summed E-state index contributed by atoms with van der Waals surface area (Å²) in [7, 11) is 0. The van der Waals surface area contributed by atoms with Gasteiger partial charge in [0.2, 0.25) is 0 Å². The first-order valence-corrected chi connectivity index (χ1v) is 8.57. The SMILES string of the molecule is [2H]c1c([2H])c([2H])c(-c2cccc(Nc3c([2H])c([2H])c(-c4c([2H])c([2H])c([2H])c5c([2H])c([2H])c([2H])c([2H])c45)c([2H])c3[2H])c2)c([2H])c1[2H]. The van der Waals surface area contributed by atoms with Crippen molar-refractivity contribution in [2.45, 2.75) is 0 Å². The van der Waals surface area contributed by atoms with Crippen LogP contribution < -0.4 is 5.32 Å². The zero-order chi connectivity index (χ0) is 33.4. The van der Waals surface area contributed by atoms with Crippen molar-refractivity contribution in [2.24, 2.45) is 0 Å². The van der Waals surface area contributed by atoms with Crippen LogP contribution in [0, 0.1) is 0 Å². The molecule has 0 radical (unpaired) electrons. The number of fused-ring (bicyclic) bond motifs is 1. The van der Waals surface area contributed by atoms with E-state index in [1.807, 2.05) is 0 Å². The molecule has 0 heterocycles. The molecule has 5 aromatic carbocycles. The normalized spacial score (nSPS) is 18.5. The predicted molar refractivity (Wildman–Crippen MR) is 125 cm³/mol. The van der Waals surface area contributed by atoms with Crippen LogP contribution >= 0.6 is 0 Å². The summed E-state index contributed by atoms with van der Waals surface area (Å²) in [4.78, 5) is 0. The fourth-order valence-corrected chi connectivity index (χ4v) is 2.79. The minimum absolute atomic E-state index is 0.0806. The monoisotopic (exact) mass is 387 g/mol. The van der Waals surface area contributed by atoms with Crippen molar-refractivity contribution in [3.8, 4) is 22.3 Å². The van der Waals surface area contributed by atoms with Crippen LogP contribution in [0.3, 0.4) is 0 Å². The Hall–Kier alpha value is -3.84. The summed E-state index contributed by atoms with van der Waals surface area (Å²) in [5.41, 5.74) is -0.903. The van der Waals surface area contributed by atoms with E-state index in [0.29, 0.717) is 0 Å². The molecule has 1 nitrogen and oxygen atoms in total. The molecular weight excluding hydrogens is 350 g/mol. The van der Waals surface area contributed by atoms with Crippen LogP contribution in [0.2, 0.25) is 0 Å². The number of anilines is 2. The van der Waals surface area contributed by atoms with E-state index in [4.69, 9.17) is 21.9 Å². The van der Waals surface area contributed by atoms with Crippen molar-refractivity contribution in [1.29, 1.82) is 0 Å². The van der Waals surface area contributed by atoms with E-state index >= 15 is 0 Å². The number of hydrogen-bond acceptors (Lipinski definition) is 1. The van der Waals surface area contributed by atoms with Gasteiger partial charge in [-0.1, -0.05) is 96.7 Å². The van der Waals surface area contributed by atoms with Crippen LogP contribution in [-0.4, -0.2) is 0 Å². The maximum Gasteiger partial charge on any atom is 0.0645 e. The van der Waals surface area contributed by atoms with Gasteiger partial charge < -0.3 is 5.32 Å². The lowest BCUT2D eigenvalue weighted by Gasteiger charge is -2.11. The average Bonchev–Trinajstić information content (AvgIpc) is 3.02. The molecule has 0 unspecified atom stereocenters. The zero-order valence-electron chi connectivity index (χ0n) is 30.8. The Morgan fingerprint density at radius 2 is 1.31 bits per heavy atom. The second-order valence-corrected chi connectivity index (χ2v) is 5.96. The van der Waals surface area contributed by atoms with E-state index in [1.54, 1.807) is 0 Å². The highest BCUT2D eigenvalue weighted by molar-refractivity contribution is 5.96. The van der Waals surface area contributed by atoms with Crippen LogP contribution in [0.25, 0.3) is 33.0 Å². The molecule has 29 heavy (non-hydrogen) atoms. The molecule has 0 aliphatic carbocycles. The second-order valence-electron chi connectivity index (χ2n) is 5.96. The summed E-state index contributed by atoms with van der Waals surface area (Å²) < 4.78 is 133. The molecule has 5 rings (SSSR count). The predicted octanol–water partition coefficient (Wildman–Crippen LogP) is 7.92. The lowest BCUT2D eigenvalue weighted by molar-refractivity contribution is 1.53. The Morgan fingerprint density at radius 3 is 2.17 bits per heavy atom. The largest absolute Gasteiger partial charge is 0.356 e. The molecule has 0 spiro atoms. The fourth-order valence-electron chi connectivity index (χ4n) is 2.79. The fraction of sp³-hybridized carbons (Fsp3) is 0. The molecule has 1 heteroatoms. The molecule has 0 saturated heterocycles. The molecule has 138 valence electrons. The lowest BCUT2D eigenvalue weighted by atomic mass is 9.98. The standard InChI is InChI=1S/C28H21N/c1-2-8-21(9-3-1)24-12-6-13-26(20-24)29-25-18-16-23(17-19-25)28-15-7-11-22-10-4-5-14-27(22)28/h1-20,29H/i1D,2D,3D,4D,5D,7D,8D,9D,10D,11D,14D,15D,16D,17D,18D,19D. The molecule has 0 aromatic heterocycles. The maximum atomic E-state index is 8.77. The first-order valence-electron chi connectivity index (χ1n) is 16.6. The molecule has 0 fully saturated rings. The third kappa shape index (κ3) is 3.63. The Bertz CT molecular complexity index is 2040. The van der Waals surface area contributed by atoms with Crippen LogP contribution in [-0.2, 0) is 0 Å². The summed E-state index contributed by atoms with van der Waals surface area (Å²) in [5.74, 6) is 0. The molecule has 0 amide bonds. The van der Waals surface area contributed by atoms with E-state index in [1.165, 1.54) is 24.3 Å². The second kappa shape index (κ2) is 7.65. The molecule has 1 N–H and O–H groups in total. The summed E-state index contributed by atoms with van der Waals surface area (Å²) >= 11 is 0. The quantitative estimate of drug-likeness (QED) is 0.330. The zero-order valence-corrected chi connectivity index (χ0v) is 14.8. The third-order valence-corrected chi connectivity index (χ3v) is 4.11. The van der Waals surface area contributed by atoms with Crippen molar-refractivity contribution >= 4 is 22.1 Å². The average molecular weight is 388 g/mol. The van der Waals surface area contributed by atoms with Gasteiger partial charge in [-0.2, -0.15) is 0 Å². The molecule has 0 bridgehead atoms. The van der Waals surface area contributed by atoms with Gasteiger partial charge in [0.1, 0.15) is 0 Å². The first-order chi connectivity index (χ1) is 21.0. The van der Waals surface area contributed by atoms with Gasteiger partial charge in [0.25, 0.3) is 0 Å². The molecule has 0 atom stereocenters. The maximum absolute atomic E-state index is 8.77. The van der Waals surface area contributed by atoms with Crippen LogP contribution in [0.1, 0.15) is 21.9 Å². The van der Waals surface area contributed by atoms with Crippen LogP contribution in [0.15, 0.2) is 121 Å². The van der Waals surface area contributed by atoms with Gasteiger partial charge in [0, 0.05) is 11.4 Å². The van der Waals surface area contributed by atoms with Gasteiger partial charge in [-0.25, -0.2) is 0 Å². The van der Waals surface area contributed by atoms with Crippen molar-refractivity contribution in [1.82, 2.24) is 0 Å². The number of benzene rings is 5. The van der Waals surface area contributed by atoms with E-state index < -0.39 is 108 Å². The third-order valence-electron chi connectivity index (χ3n) is 4.11. The Kier molecular flexibility index (Phi) is 1.90. The number of hydrogen-bond donors (Lipinski definition) is 1. The molecule has 0 saturated carbocycles. The number of rotatable bonds is 4. The Balaban J connectivity index is 1.73. The summed E-state index contributed by atoms with van der Waals surface area (Å²) in [6.45, 7) is 0. The van der Waals surface area contributed by atoms with Gasteiger partial charge in [-0.05, 0) is 57.2 Å². The van der Waals surface area contributed by atoms with Crippen molar-refractivity contribution in [2.75, 3.05) is 5.32 Å². The molecule has 0 aliphatic rings. The van der Waals surface area contributed by atoms with E-state index in [2.05, 4.69) is 5.32 Å². The Labute approximate surface area is 193 Å². The summed E-state index contributed by atoms with van der Waals surface area (Å²) in [6.07, 6.45) is 0. The molecular formula is C28H21N. The van der Waals surface area contributed by atoms with Gasteiger partial charge >= 0.3 is 0 Å². The first kappa shape index (κ1) is 7.20. The van der Waals surface area contributed by atoms with Gasteiger partial charge in [0.05, 0.1) is 21.9 Å². The van der Waals surface area contributed by atoms with Gasteiger partial charge in [0.15, 0.2) is 0 Å². The smallest absolute Gasteiger partial charge is 0.0645 e. The highest BCUT2D eigenvalue weighted by Gasteiger charge is 2.04. The van der Waals surface area contributed by atoms with E-state index in [-0.39, 0.29) is 33.3 Å². The van der Waals surface area contributed by atoms with Crippen LogP contribution in [0.4, 0.5) is 11.4 Å².